The van der Waals surface area contributed by atoms with E-state index in [1.807, 2.05) is 0 Å². The summed E-state index contributed by atoms with van der Waals surface area (Å²) in [6.45, 7) is 1.26. The lowest BCUT2D eigenvalue weighted by Crippen LogP contribution is -2.40. The maximum atomic E-state index is 11.2. The molecule has 2 heterocycles. The Bertz CT molecular complexity index is 476. The SMILES string of the molecule is [NH3+]c1sc2c(c1C(=O)O)CCC1(C2)OCCO1. The molecular weight excluding hydrogens is 242 g/mol. The summed E-state index contributed by atoms with van der Waals surface area (Å²) in [5.41, 5.74) is 5.13. The quantitative estimate of drug-likeness (QED) is 0.768. The highest BCUT2D eigenvalue weighted by atomic mass is 32.1. The predicted molar refractivity (Wildman–Crippen MR) is 60.5 cm³/mol. The van der Waals surface area contributed by atoms with E-state index in [-0.39, 0.29) is 0 Å². The third kappa shape index (κ3) is 1.68. The lowest BCUT2D eigenvalue weighted by atomic mass is 9.91. The molecule has 3 rings (SSSR count). The van der Waals surface area contributed by atoms with E-state index in [1.165, 1.54) is 11.3 Å². The molecule has 0 saturated carbocycles. The number of ether oxygens (including phenoxy) is 2. The van der Waals surface area contributed by atoms with Crippen molar-refractivity contribution in [1.82, 2.24) is 0 Å². The first kappa shape index (κ1) is 11.2. The third-order valence-electron chi connectivity index (χ3n) is 3.38. The average Bonchev–Trinajstić information content (AvgIpc) is 2.82. The van der Waals surface area contributed by atoms with Crippen molar-refractivity contribution >= 4 is 22.3 Å². The number of carbonyl (C=O) groups is 1. The number of rotatable bonds is 1. The molecule has 0 atom stereocenters. The molecule has 1 spiro atoms. The van der Waals surface area contributed by atoms with Crippen molar-refractivity contribution in [1.29, 1.82) is 0 Å². The Kier molecular flexibility index (Phi) is 2.48. The zero-order valence-electron chi connectivity index (χ0n) is 9.32. The van der Waals surface area contributed by atoms with Gasteiger partial charge in [0.2, 0.25) is 0 Å². The van der Waals surface area contributed by atoms with Crippen molar-refractivity contribution in [2.24, 2.45) is 0 Å². The van der Waals surface area contributed by atoms with Gasteiger partial charge in [0.15, 0.2) is 10.8 Å². The summed E-state index contributed by atoms with van der Waals surface area (Å²) in [5.74, 6) is -1.38. The van der Waals surface area contributed by atoms with Gasteiger partial charge in [0.05, 0.1) is 13.2 Å². The molecule has 5 nitrogen and oxygen atoms in total. The summed E-state index contributed by atoms with van der Waals surface area (Å²) in [4.78, 5) is 12.2. The van der Waals surface area contributed by atoms with Gasteiger partial charge in [-0.1, -0.05) is 11.3 Å². The zero-order chi connectivity index (χ0) is 12.0. The van der Waals surface area contributed by atoms with E-state index in [0.717, 1.165) is 16.9 Å². The predicted octanol–water partition coefficient (Wildman–Crippen LogP) is 0.551. The van der Waals surface area contributed by atoms with Crippen molar-refractivity contribution < 1.29 is 25.1 Å². The van der Waals surface area contributed by atoms with E-state index in [9.17, 15) is 9.90 Å². The van der Waals surface area contributed by atoms with Crippen LogP contribution >= 0.6 is 11.3 Å². The van der Waals surface area contributed by atoms with Crippen LogP contribution in [0.15, 0.2) is 0 Å². The van der Waals surface area contributed by atoms with Crippen molar-refractivity contribution in [3.05, 3.63) is 16.0 Å². The van der Waals surface area contributed by atoms with Gasteiger partial charge >= 0.3 is 5.97 Å². The van der Waals surface area contributed by atoms with Crippen molar-refractivity contribution in [3.63, 3.8) is 0 Å². The Morgan fingerprint density at radius 1 is 1.41 bits per heavy atom. The van der Waals surface area contributed by atoms with Crippen LogP contribution in [0.2, 0.25) is 0 Å². The summed E-state index contributed by atoms with van der Waals surface area (Å²) >= 11 is 1.45. The van der Waals surface area contributed by atoms with Crippen LogP contribution in [0.5, 0.6) is 0 Å². The monoisotopic (exact) mass is 256 g/mol. The number of hydrogen-bond acceptors (Lipinski definition) is 4. The molecule has 1 aliphatic carbocycles. The molecule has 1 saturated heterocycles. The molecule has 2 aliphatic rings. The van der Waals surface area contributed by atoms with Crippen LogP contribution in [0, 0.1) is 0 Å². The van der Waals surface area contributed by atoms with E-state index < -0.39 is 11.8 Å². The molecule has 0 radical (unpaired) electrons. The van der Waals surface area contributed by atoms with Gasteiger partial charge in [-0.2, -0.15) is 0 Å². The molecule has 0 aromatic carbocycles. The van der Waals surface area contributed by atoms with Crippen LogP contribution in [-0.4, -0.2) is 30.1 Å². The summed E-state index contributed by atoms with van der Waals surface area (Å²) in [6.07, 6.45) is 2.09. The van der Waals surface area contributed by atoms with Crippen LogP contribution in [0.25, 0.3) is 0 Å². The number of carboxylic acids is 1. The number of thiophene rings is 1. The second kappa shape index (κ2) is 3.78. The van der Waals surface area contributed by atoms with Gasteiger partial charge in [0.25, 0.3) is 0 Å². The molecule has 4 N–H and O–H groups in total. The van der Waals surface area contributed by atoms with Gasteiger partial charge in [-0.3, -0.25) is 0 Å². The fourth-order valence-electron chi connectivity index (χ4n) is 2.62. The Morgan fingerprint density at radius 2 is 2.12 bits per heavy atom. The average molecular weight is 256 g/mol. The highest BCUT2D eigenvalue weighted by molar-refractivity contribution is 7.15. The zero-order valence-corrected chi connectivity index (χ0v) is 10.1. The molecular formula is C11H14NO4S+. The smallest absolute Gasteiger partial charge is 0.343 e. The van der Waals surface area contributed by atoms with Gasteiger partial charge < -0.3 is 20.3 Å². The molecule has 1 aliphatic heterocycles. The van der Waals surface area contributed by atoms with E-state index in [0.29, 0.717) is 36.6 Å². The first-order valence-corrected chi connectivity index (χ1v) is 6.41. The third-order valence-corrected chi connectivity index (χ3v) is 4.46. The summed E-state index contributed by atoms with van der Waals surface area (Å²) in [5, 5.41) is 9.81. The molecule has 1 aromatic heterocycles. The van der Waals surface area contributed by atoms with Crippen LogP contribution < -0.4 is 5.73 Å². The maximum absolute atomic E-state index is 11.2. The number of hydrogen-bond donors (Lipinski definition) is 2. The van der Waals surface area contributed by atoms with Crippen LogP contribution in [-0.2, 0) is 22.3 Å². The van der Waals surface area contributed by atoms with E-state index in [2.05, 4.69) is 5.73 Å². The largest absolute Gasteiger partial charge is 0.477 e. The molecule has 0 bridgehead atoms. The fraction of sp³-hybridized carbons (Fsp3) is 0.545. The minimum absolute atomic E-state index is 0.387. The minimum atomic E-state index is -0.878. The van der Waals surface area contributed by atoms with E-state index in [4.69, 9.17) is 9.47 Å². The summed E-state index contributed by atoms with van der Waals surface area (Å²) < 4.78 is 11.3. The Morgan fingerprint density at radius 3 is 2.76 bits per heavy atom. The number of carboxylic acid groups (broad SMARTS) is 1. The minimum Gasteiger partial charge on any atom is -0.477 e. The first-order valence-electron chi connectivity index (χ1n) is 5.59. The number of fused-ring (bicyclic) bond motifs is 1. The van der Waals surface area contributed by atoms with Crippen molar-refractivity contribution in [2.45, 2.75) is 25.0 Å². The Hall–Kier alpha value is -0.950. The van der Waals surface area contributed by atoms with Gasteiger partial charge in [0, 0.05) is 17.7 Å². The number of aromatic carboxylic acids is 1. The Labute approximate surface area is 102 Å². The standard InChI is InChI=1S/C11H13NO4S/c12-9-8(10(13)14)6-1-2-11(5-7(6)17-9)15-3-4-16-11/h1-5,12H2,(H,13,14)/p+1. The molecule has 92 valence electrons. The van der Waals surface area contributed by atoms with Crippen LogP contribution in [0.3, 0.4) is 0 Å². The van der Waals surface area contributed by atoms with Crippen LogP contribution in [0.1, 0.15) is 27.2 Å². The normalized spacial score (nSPS) is 21.7. The highest BCUT2D eigenvalue weighted by Gasteiger charge is 2.42. The second-order valence-electron chi connectivity index (χ2n) is 4.39. The molecule has 1 fully saturated rings. The van der Waals surface area contributed by atoms with Gasteiger partial charge in [0.1, 0.15) is 5.56 Å². The molecule has 17 heavy (non-hydrogen) atoms. The summed E-state index contributed by atoms with van der Waals surface area (Å²) in [6, 6.07) is 0. The lowest BCUT2D eigenvalue weighted by molar-refractivity contribution is -0.249. The Balaban J connectivity index is 1.99. The highest BCUT2D eigenvalue weighted by Crippen LogP contribution is 2.41. The van der Waals surface area contributed by atoms with E-state index >= 15 is 0 Å². The van der Waals surface area contributed by atoms with Crippen molar-refractivity contribution in [2.75, 3.05) is 13.2 Å². The van der Waals surface area contributed by atoms with Crippen molar-refractivity contribution in [3.8, 4) is 0 Å². The summed E-state index contributed by atoms with van der Waals surface area (Å²) in [7, 11) is 0. The second-order valence-corrected chi connectivity index (χ2v) is 5.58. The lowest BCUT2D eigenvalue weighted by Gasteiger charge is -2.31. The van der Waals surface area contributed by atoms with Gasteiger partial charge in [-0.05, 0) is 12.0 Å². The fourth-order valence-corrected chi connectivity index (χ4v) is 3.85. The maximum Gasteiger partial charge on any atom is 0.343 e. The van der Waals surface area contributed by atoms with E-state index in [1.54, 1.807) is 0 Å². The van der Waals surface area contributed by atoms with Gasteiger partial charge in [-0.25, -0.2) is 4.79 Å². The first-order chi connectivity index (χ1) is 8.11. The molecule has 0 amide bonds. The molecule has 6 heteroatoms. The topological polar surface area (TPSA) is 83.4 Å². The van der Waals surface area contributed by atoms with Crippen LogP contribution in [0.4, 0.5) is 5.00 Å². The molecule has 1 aromatic rings. The molecule has 0 unspecified atom stereocenters. The number of quaternary nitrogens is 1. The van der Waals surface area contributed by atoms with Gasteiger partial charge in [-0.15, -0.1) is 0 Å².